The quantitative estimate of drug-likeness (QED) is 0.142. The van der Waals surface area contributed by atoms with Gasteiger partial charge in [0, 0.05) is 34.6 Å². The monoisotopic (exact) mass is 638 g/mol. The van der Waals surface area contributed by atoms with Gasteiger partial charge in [0.05, 0.1) is 18.5 Å². The number of methoxy groups -OCH3 is 1. The lowest BCUT2D eigenvalue weighted by Crippen LogP contribution is -2.07. The second-order valence-corrected chi connectivity index (χ2v) is 12.4. The van der Waals surface area contributed by atoms with Crippen LogP contribution in [-0.2, 0) is 28.0 Å². The van der Waals surface area contributed by atoms with Gasteiger partial charge in [-0.1, -0.05) is 22.4 Å². The van der Waals surface area contributed by atoms with Crippen LogP contribution in [0.5, 0.6) is 5.75 Å². The molecule has 1 aliphatic rings. The molecule has 0 spiro atoms. The molecule has 3 aromatic carbocycles. The van der Waals surface area contributed by atoms with Gasteiger partial charge in [-0.25, -0.2) is 23.2 Å². The summed E-state index contributed by atoms with van der Waals surface area (Å²) in [5, 5.41) is 21.7. The molecule has 9 nitrogen and oxygen atoms in total. The first-order chi connectivity index (χ1) is 20.7. The second-order valence-electron chi connectivity index (χ2n) is 10.4. The Kier molecular flexibility index (Phi) is 9.02. The molecule has 1 atom stereocenters. The van der Waals surface area contributed by atoms with Crippen LogP contribution in [0.1, 0.15) is 40.2 Å². The van der Waals surface area contributed by atoms with Crippen molar-refractivity contribution in [3.8, 4) is 33.3 Å². The Balaban J connectivity index is 0.00000384. The van der Waals surface area contributed by atoms with E-state index in [0.717, 1.165) is 29.9 Å². The van der Waals surface area contributed by atoms with Crippen molar-refractivity contribution < 1.29 is 33.1 Å². The number of carboxylic acid groups (broad SMARTS) is 1. The molecule has 1 saturated carbocycles. The molecule has 4 N–H and O–H groups in total. The lowest BCUT2D eigenvalue weighted by Gasteiger charge is -2.11. The second kappa shape index (κ2) is 12.7. The van der Waals surface area contributed by atoms with Crippen molar-refractivity contribution in [2.45, 2.75) is 30.6 Å². The third-order valence-corrected chi connectivity index (χ3v) is 9.04. The average molecular weight is 639 g/mol. The number of nitrogens with zero attached hydrogens (tertiary/aromatic N) is 3. The number of hydrogen-bond acceptors (Lipinski definition) is 7. The number of carbonyl (C=O) groups is 1. The van der Waals surface area contributed by atoms with Crippen LogP contribution in [0.3, 0.4) is 0 Å². The molecule has 6 rings (SSSR count). The number of thiol groups is 1. The predicted molar refractivity (Wildman–Crippen MR) is 163 cm³/mol. The summed E-state index contributed by atoms with van der Waals surface area (Å²) in [6.07, 6.45) is 2.82. The van der Waals surface area contributed by atoms with Gasteiger partial charge >= 0.3 is 5.97 Å². The first kappa shape index (κ1) is 31.1. The summed E-state index contributed by atoms with van der Waals surface area (Å²) in [5.41, 5.74) is 3.79. The minimum atomic E-state index is -2.20. The molecule has 1 unspecified atom stereocenters. The van der Waals surface area contributed by atoms with Gasteiger partial charge in [-0.15, -0.1) is 16.5 Å². The molecular formula is C31H28F2N4O5S2. The SMILES string of the molecule is COc1cccc(-c2cc(-c3nn(-c4nc(C(=O)O)cs4)c(CC4CC4)c3Cc3ccc([SH+](N)=O)cc3F)ccc2F)c1.[OH-]. The molecule has 0 aliphatic heterocycles. The lowest BCUT2D eigenvalue weighted by molar-refractivity contribution is 0.0691. The summed E-state index contributed by atoms with van der Waals surface area (Å²) in [7, 11) is -0.664. The number of ether oxygens (including phenoxy) is 1. The Morgan fingerprint density at radius 3 is 2.57 bits per heavy atom. The fourth-order valence-electron chi connectivity index (χ4n) is 5.02. The van der Waals surface area contributed by atoms with E-state index in [-0.39, 0.29) is 22.5 Å². The van der Waals surface area contributed by atoms with Crippen LogP contribution < -0.4 is 9.88 Å². The van der Waals surface area contributed by atoms with Crippen LogP contribution in [0, 0.1) is 17.6 Å². The molecule has 13 heteroatoms. The number of carboxylic acids is 1. The highest BCUT2D eigenvalue weighted by atomic mass is 32.2. The van der Waals surface area contributed by atoms with Gasteiger partial charge in [0.1, 0.15) is 17.4 Å². The standard InChI is InChI=1S/C31H26F2N4O4S2.H2O/c1-41-21-4-2-3-18(12-21)23-14-20(8-10-25(23)32)29-24(13-19-7-9-22(43(34)40)15-26(19)33)28(11-17-5-6-17)37(36-29)31-35-27(16-42-31)30(38)39;/h2-4,7-10,12,14-17H,5-6,11,13H2,1H3,(H2,34,40)(H,38,39);1H2. The Morgan fingerprint density at radius 2 is 1.91 bits per heavy atom. The maximum Gasteiger partial charge on any atom is 0.355 e. The molecule has 1 fully saturated rings. The van der Waals surface area contributed by atoms with Crippen LogP contribution in [-0.4, -0.2) is 38.4 Å². The highest BCUT2D eigenvalue weighted by molar-refractivity contribution is 7.82. The predicted octanol–water partition coefficient (Wildman–Crippen LogP) is 5.94. The highest BCUT2D eigenvalue weighted by Crippen LogP contribution is 2.39. The number of aromatic carboxylic acids is 1. The number of aromatic nitrogens is 3. The number of halogens is 2. The molecule has 1 aliphatic carbocycles. The summed E-state index contributed by atoms with van der Waals surface area (Å²) in [6.45, 7) is 0. The van der Waals surface area contributed by atoms with E-state index in [9.17, 15) is 14.1 Å². The summed E-state index contributed by atoms with van der Waals surface area (Å²) in [5.74, 6) is -1.16. The molecule has 0 amide bonds. The van der Waals surface area contributed by atoms with Crippen LogP contribution >= 0.6 is 11.3 Å². The topological polar surface area (TPSA) is 150 Å². The van der Waals surface area contributed by atoms with Crippen LogP contribution in [0.15, 0.2) is 70.9 Å². The van der Waals surface area contributed by atoms with E-state index < -0.39 is 28.6 Å². The first-order valence-electron chi connectivity index (χ1n) is 13.5. The van der Waals surface area contributed by atoms with Crippen molar-refractivity contribution in [2.24, 2.45) is 11.1 Å². The zero-order valence-corrected chi connectivity index (χ0v) is 25.1. The zero-order chi connectivity index (χ0) is 30.2. The zero-order valence-electron chi connectivity index (χ0n) is 23.4. The number of nitrogens with two attached hydrogens (primary N) is 1. The van der Waals surface area contributed by atoms with Gasteiger partial charge in [0.2, 0.25) is 5.13 Å². The molecule has 2 heterocycles. The highest BCUT2D eigenvalue weighted by Gasteiger charge is 2.30. The number of benzene rings is 3. The Morgan fingerprint density at radius 1 is 1.11 bits per heavy atom. The van der Waals surface area contributed by atoms with Crippen molar-refractivity contribution in [3.63, 3.8) is 0 Å². The minimum Gasteiger partial charge on any atom is -0.870 e. The van der Waals surface area contributed by atoms with Gasteiger partial charge in [-0.05, 0) is 72.7 Å². The largest absolute Gasteiger partial charge is 0.870 e. The van der Waals surface area contributed by atoms with E-state index in [1.54, 1.807) is 53.2 Å². The van der Waals surface area contributed by atoms with Crippen LogP contribution in [0.2, 0.25) is 0 Å². The van der Waals surface area contributed by atoms with Gasteiger partial charge in [-0.3, -0.25) is 0 Å². The third-order valence-electron chi connectivity index (χ3n) is 7.44. The first-order valence-corrected chi connectivity index (χ1v) is 15.7. The maximum absolute atomic E-state index is 15.3. The smallest absolute Gasteiger partial charge is 0.355 e. The fourth-order valence-corrected chi connectivity index (χ4v) is 6.25. The van der Waals surface area contributed by atoms with Crippen molar-refractivity contribution in [2.75, 3.05) is 7.11 Å². The van der Waals surface area contributed by atoms with Gasteiger partial charge < -0.3 is 15.3 Å². The van der Waals surface area contributed by atoms with E-state index in [2.05, 4.69) is 4.98 Å². The maximum atomic E-state index is 15.3. The molecule has 0 saturated heterocycles. The molecule has 0 radical (unpaired) electrons. The summed E-state index contributed by atoms with van der Waals surface area (Å²) >= 11 is 1.15. The van der Waals surface area contributed by atoms with Crippen LogP contribution in [0.25, 0.3) is 27.5 Å². The Bertz CT molecular complexity index is 1890. The Hall–Kier alpha value is -4.30. The van der Waals surface area contributed by atoms with Crippen molar-refractivity contribution in [1.29, 1.82) is 0 Å². The molecule has 5 aromatic rings. The van der Waals surface area contributed by atoms with E-state index in [4.69, 9.17) is 15.0 Å². The van der Waals surface area contributed by atoms with E-state index in [0.29, 0.717) is 56.7 Å². The summed E-state index contributed by atoms with van der Waals surface area (Å²) in [6, 6.07) is 16.0. The normalized spacial score (nSPS) is 13.4. The molecule has 0 bridgehead atoms. The van der Waals surface area contributed by atoms with E-state index >= 15 is 8.78 Å². The van der Waals surface area contributed by atoms with Crippen LogP contribution in [0.4, 0.5) is 8.78 Å². The van der Waals surface area contributed by atoms with Crippen molar-refractivity contribution >= 4 is 28.3 Å². The fraction of sp³-hybridized carbons (Fsp3) is 0.194. The number of thiazole rings is 1. The van der Waals surface area contributed by atoms with Crippen molar-refractivity contribution in [1.82, 2.24) is 14.8 Å². The number of hydrogen-bond donors (Lipinski definition) is 2. The van der Waals surface area contributed by atoms with E-state index in [1.165, 1.54) is 24.6 Å². The summed E-state index contributed by atoms with van der Waals surface area (Å²) in [4.78, 5) is 16.1. The Labute approximate surface area is 257 Å². The minimum absolute atomic E-state index is 0. The summed E-state index contributed by atoms with van der Waals surface area (Å²) < 4.78 is 49.3. The average Bonchev–Trinajstić information content (AvgIpc) is 3.56. The molecule has 44 heavy (non-hydrogen) atoms. The van der Waals surface area contributed by atoms with Gasteiger partial charge in [0.15, 0.2) is 21.6 Å². The molecular weight excluding hydrogens is 610 g/mol. The number of rotatable bonds is 10. The lowest BCUT2D eigenvalue weighted by atomic mass is 9.94. The molecule has 228 valence electrons. The molecule has 2 aromatic heterocycles. The van der Waals surface area contributed by atoms with Crippen molar-refractivity contribution in [3.05, 3.63) is 100 Å². The van der Waals surface area contributed by atoms with Gasteiger partial charge in [-0.2, -0.15) is 5.10 Å². The third kappa shape index (κ3) is 6.31. The van der Waals surface area contributed by atoms with E-state index in [1.807, 2.05) is 0 Å². The van der Waals surface area contributed by atoms with Gasteiger partial charge in [0.25, 0.3) is 0 Å².